The lowest BCUT2D eigenvalue weighted by atomic mass is 10.1. The van der Waals surface area contributed by atoms with Gasteiger partial charge in [-0.25, -0.2) is 13.1 Å². The largest absolute Gasteiger partial charge is 0.393 e. The minimum Gasteiger partial charge on any atom is -0.393 e. The van der Waals surface area contributed by atoms with E-state index in [0.717, 1.165) is 12.8 Å². The molecule has 6 heteroatoms. The SMILES string of the molecule is COCCS(=O)(=O)NCC1CCC(O)C1. The average Bonchev–Trinajstić information content (AvgIpc) is 2.59. The Bertz CT molecular complexity index is 278. The molecule has 0 bridgehead atoms. The zero-order chi connectivity index (χ0) is 11.3. The summed E-state index contributed by atoms with van der Waals surface area (Å²) in [6.07, 6.45) is 2.13. The Hall–Kier alpha value is -0.170. The molecule has 0 aromatic rings. The van der Waals surface area contributed by atoms with Gasteiger partial charge in [-0.15, -0.1) is 0 Å². The van der Waals surface area contributed by atoms with E-state index in [4.69, 9.17) is 4.74 Å². The summed E-state index contributed by atoms with van der Waals surface area (Å²) in [5.41, 5.74) is 0. The molecular formula is C9H19NO4S. The summed E-state index contributed by atoms with van der Waals surface area (Å²) >= 11 is 0. The van der Waals surface area contributed by atoms with Crippen molar-refractivity contribution < 1.29 is 18.3 Å². The van der Waals surface area contributed by atoms with Crippen molar-refractivity contribution in [3.05, 3.63) is 0 Å². The third kappa shape index (κ3) is 4.92. The van der Waals surface area contributed by atoms with Crippen molar-refractivity contribution in [2.75, 3.05) is 26.0 Å². The molecule has 2 unspecified atom stereocenters. The van der Waals surface area contributed by atoms with E-state index in [0.29, 0.717) is 13.0 Å². The molecule has 2 atom stereocenters. The Kier molecular flexibility index (Phi) is 4.98. The Morgan fingerprint density at radius 1 is 1.47 bits per heavy atom. The van der Waals surface area contributed by atoms with Gasteiger partial charge in [-0.05, 0) is 25.2 Å². The number of ether oxygens (including phenoxy) is 1. The monoisotopic (exact) mass is 237 g/mol. The van der Waals surface area contributed by atoms with Gasteiger partial charge in [0, 0.05) is 13.7 Å². The molecule has 1 rings (SSSR count). The first-order valence-corrected chi connectivity index (χ1v) is 6.83. The highest BCUT2D eigenvalue weighted by molar-refractivity contribution is 7.89. The predicted octanol–water partition coefficient (Wildman–Crippen LogP) is -0.287. The van der Waals surface area contributed by atoms with Gasteiger partial charge in [0.15, 0.2) is 0 Å². The lowest BCUT2D eigenvalue weighted by Crippen LogP contribution is -2.32. The van der Waals surface area contributed by atoms with Gasteiger partial charge in [-0.2, -0.15) is 0 Å². The van der Waals surface area contributed by atoms with Crippen LogP contribution in [0.25, 0.3) is 0 Å². The number of hydrogen-bond donors (Lipinski definition) is 2. The molecule has 0 aromatic heterocycles. The molecular weight excluding hydrogens is 218 g/mol. The molecule has 90 valence electrons. The van der Waals surface area contributed by atoms with Crippen molar-refractivity contribution in [2.45, 2.75) is 25.4 Å². The van der Waals surface area contributed by atoms with Crippen molar-refractivity contribution in [1.29, 1.82) is 0 Å². The van der Waals surface area contributed by atoms with Gasteiger partial charge in [0.2, 0.25) is 10.0 Å². The van der Waals surface area contributed by atoms with Crippen LogP contribution in [0.15, 0.2) is 0 Å². The third-order valence-corrected chi connectivity index (χ3v) is 3.97. The molecule has 1 saturated carbocycles. The second kappa shape index (κ2) is 5.79. The summed E-state index contributed by atoms with van der Waals surface area (Å²) in [4.78, 5) is 0. The van der Waals surface area contributed by atoms with E-state index in [9.17, 15) is 13.5 Å². The van der Waals surface area contributed by atoms with Gasteiger partial charge in [0.05, 0.1) is 18.5 Å². The maximum absolute atomic E-state index is 11.4. The Balaban J connectivity index is 2.24. The molecule has 2 N–H and O–H groups in total. The highest BCUT2D eigenvalue weighted by atomic mass is 32.2. The molecule has 0 aliphatic heterocycles. The molecule has 5 nitrogen and oxygen atoms in total. The van der Waals surface area contributed by atoms with Gasteiger partial charge in [-0.1, -0.05) is 0 Å². The quantitative estimate of drug-likeness (QED) is 0.666. The van der Waals surface area contributed by atoms with E-state index in [-0.39, 0.29) is 24.4 Å². The number of nitrogens with one attached hydrogen (secondary N) is 1. The van der Waals surface area contributed by atoms with E-state index in [1.54, 1.807) is 0 Å². The van der Waals surface area contributed by atoms with Crippen LogP contribution in [0.1, 0.15) is 19.3 Å². The minimum atomic E-state index is -3.21. The normalized spacial score (nSPS) is 27.1. The van der Waals surface area contributed by atoms with Crippen molar-refractivity contribution in [2.24, 2.45) is 5.92 Å². The maximum atomic E-state index is 11.4. The number of methoxy groups -OCH3 is 1. The summed E-state index contributed by atoms with van der Waals surface area (Å²) in [5.74, 6) is 0.274. The van der Waals surface area contributed by atoms with E-state index >= 15 is 0 Å². The van der Waals surface area contributed by atoms with Gasteiger partial charge >= 0.3 is 0 Å². The molecule has 0 amide bonds. The average molecular weight is 237 g/mol. The van der Waals surface area contributed by atoms with E-state index in [1.807, 2.05) is 0 Å². The smallest absolute Gasteiger partial charge is 0.213 e. The number of hydrogen-bond acceptors (Lipinski definition) is 4. The first-order valence-electron chi connectivity index (χ1n) is 5.18. The fraction of sp³-hybridized carbons (Fsp3) is 1.00. The molecule has 15 heavy (non-hydrogen) atoms. The Morgan fingerprint density at radius 2 is 2.20 bits per heavy atom. The van der Waals surface area contributed by atoms with Gasteiger partial charge in [0.25, 0.3) is 0 Å². The molecule has 0 saturated heterocycles. The van der Waals surface area contributed by atoms with Gasteiger partial charge < -0.3 is 9.84 Å². The van der Waals surface area contributed by atoms with Gasteiger partial charge in [-0.3, -0.25) is 0 Å². The molecule has 1 aliphatic carbocycles. The van der Waals surface area contributed by atoms with Crippen LogP contribution in [-0.2, 0) is 14.8 Å². The van der Waals surface area contributed by atoms with Crippen LogP contribution in [0.3, 0.4) is 0 Å². The standard InChI is InChI=1S/C9H19NO4S/c1-14-4-5-15(12,13)10-7-8-2-3-9(11)6-8/h8-11H,2-7H2,1H3. The van der Waals surface area contributed by atoms with E-state index < -0.39 is 10.0 Å². The second-order valence-electron chi connectivity index (χ2n) is 3.99. The van der Waals surface area contributed by atoms with Crippen LogP contribution in [0.5, 0.6) is 0 Å². The summed E-state index contributed by atoms with van der Waals surface area (Å²) < 4.78 is 30.0. The van der Waals surface area contributed by atoms with Crippen molar-refractivity contribution in [3.8, 4) is 0 Å². The summed E-state index contributed by atoms with van der Waals surface area (Å²) in [7, 11) is -1.73. The van der Waals surface area contributed by atoms with Crippen molar-refractivity contribution in [3.63, 3.8) is 0 Å². The molecule has 0 heterocycles. The minimum absolute atomic E-state index is 0.00122. The lowest BCUT2D eigenvalue weighted by Gasteiger charge is -2.11. The second-order valence-corrected chi connectivity index (χ2v) is 5.92. The Labute approximate surface area is 90.9 Å². The number of aliphatic hydroxyl groups is 1. The fourth-order valence-corrected chi connectivity index (χ4v) is 2.76. The van der Waals surface area contributed by atoms with Crippen LogP contribution in [-0.4, -0.2) is 45.6 Å². The third-order valence-electron chi connectivity index (χ3n) is 2.66. The van der Waals surface area contributed by atoms with Crippen LogP contribution >= 0.6 is 0 Å². The highest BCUT2D eigenvalue weighted by Crippen LogP contribution is 2.24. The number of sulfonamides is 1. The first-order chi connectivity index (χ1) is 7.03. The highest BCUT2D eigenvalue weighted by Gasteiger charge is 2.23. The van der Waals surface area contributed by atoms with Crippen molar-refractivity contribution >= 4 is 10.0 Å². The van der Waals surface area contributed by atoms with Gasteiger partial charge in [0.1, 0.15) is 0 Å². The molecule has 0 spiro atoms. The van der Waals surface area contributed by atoms with Crippen LogP contribution < -0.4 is 4.72 Å². The molecule has 1 fully saturated rings. The first kappa shape index (κ1) is 12.9. The predicted molar refractivity (Wildman–Crippen MR) is 57.0 cm³/mol. The summed E-state index contributed by atoms with van der Waals surface area (Å²) in [6.45, 7) is 0.645. The number of rotatable bonds is 6. The lowest BCUT2D eigenvalue weighted by molar-refractivity contribution is 0.178. The number of aliphatic hydroxyl groups excluding tert-OH is 1. The van der Waals surface area contributed by atoms with E-state index in [1.165, 1.54) is 7.11 Å². The fourth-order valence-electron chi connectivity index (χ4n) is 1.74. The topological polar surface area (TPSA) is 75.6 Å². The van der Waals surface area contributed by atoms with Crippen LogP contribution in [0.2, 0.25) is 0 Å². The zero-order valence-electron chi connectivity index (χ0n) is 8.98. The van der Waals surface area contributed by atoms with E-state index in [2.05, 4.69) is 4.72 Å². The Morgan fingerprint density at radius 3 is 2.73 bits per heavy atom. The molecule has 1 aliphatic rings. The van der Waals surface area contributed by atoms with Crippen LogP contribution in [0, 0.1) is 5.92 Å². The summed E-state index contributed by atoms with van der Waals surface area (Å²) in [6, 6.07) is 0. The summed E-state index contributed by atoms with van der Waals surface area (Å²) in [5, 5.41) is 9.27. The van der Waals surface area contributed by atoms with Crippen molar-refractivity contribution in [1.82, 2.24) is 4.72 Å². The van der Waals surface area contributed by atoms with Crippen LogP contribution in [0.4, 0.5) is 0 Å². The zero-order valence-corrected chi connectivity index (χ0v) is 9.79. The molecule has 0 aromatic carbocycles. The molecule has 0 radical (unpaired) electrons. The maximum Gasteiger partial charge on any atom is 0.213 e.